The van der Waals surface area contributed by atoms with Gasteiger partial charge in [-0.05, 0) is 39.3 Å². The summed E-state index contributed by atoms with van der Waals surface area (Å²) in [5.41, 5.74) is 0.0213. The first-order valence-electron chi connectivity index (χ1n) is 13.8. The summed E-state index contributed by atoms with van der Waals surface area (Å²) >= 11 is 0. The molecule has 2 N–H and O–H groups in total. The standard InChI is InChI=1S/C32H35N3O7/c1-6-20-17-32(20,29(37)38)34-28(36)26-15-22(18-35(26)30(39)42-31(2,3)4)41-27-16-24(19-10-8-7-9-11-19)33-25-14-21(40-5)12-13-23(25)27/h6-14,16,20,22,26H,1,15,17-18H2,2-5H3,(H,34,36)(H,37,38)/t20-,22-,26?,32-/m1/s1. The SMILES string of the molecule is C=C[C@@H]1C[C@]1(NC(=O)C1C[C@@H](Oc2cc(-c3ccccc3)nc3cc(OC)ccc23)CN1C(=O)OC(C)(C)C)C(=O)O. The van der Waals surface area contributed by atoms with Gasteiger partial charge in [0.2, 0.25) is 5.91 Å². The molecular formula is C32H35N3O7. The Balaban J connectivity index is 1.47. The number of amides is 2. The summed E-state index contributed by atoms with van der Waals surface area (Å²) in [5, 5.41) is 13.2. The molecule has 0 spiro atoms. The third kappa shape index (κ3) is 5.74. The lowest BCUT2D eigenvalue weighted by Crippen LogP contribution is -2.53. The molecule has 2 heterocycles. The van der Waals surface area contributed by atoms with Crippen molar-refractivity contribution < 1.29 is 33.7 Å². The normalized spacial score (nSPS) is 23.2. The number of carbonyl (C=O) groups is 3. The van der Waals surface area contributed by atoms with Crippen LogP contribution in [-0.2, 0) is 14.3 Å². The van der Waals surface area contributed by atoms with Gasteiger partial charge in [-0.3, -0.25) is 9.69 Å². The predicted molar refractivity (Wildman–Crippen MR) is 156 cm³/mol. The summed E-state index contributed by atoms with van der Waals surface area (Å²) in [6.07, 6.45) is 0.642. The van der Waals surface area contributed by atoms with Gasteiger partial charge in [0.15, 0.2) is 0 Å². The Morgan fingerprint density at radius 2 is 1.88 bits per heavy atom. The molecule has 42 heavy (non-hydrogen) atoms. The molecule has 10 heteroatoms. The highest BCUT2D eigenvalue weighted by Gasteiger charge is 2.61. The van der Waals surface area contributed by atoms with Gasteiger partial charge in [-0.2, -0.15) is 0 Å². The Hall–Kier alpha value is -4.60. The molecule has 2 fully saturated rings. The minimum atomic E-state index is -1.43. The Bertz CT molecular complexity index is 1530. The van der Waals surface area contributed by atoms with Gasteiger partial charge in [-0.1, -0.05) is 36.4 Å². The summed E-state index contributed by atoms with van der Waals surface area (Å²) in [6.45, 7) is 8.97. The van der Waals surface area contributed by atoms with E-state index in [-0.39, 0.29) is 25.3 Å². The molecular weight excluding hydrogens is 538 g/mol. The second kappa shape index (κ2) is 11.0. The molecule has 2 aromatic carbocycles. The van der Waals surface area contributed by atoms with Crippen molar-refractivity contribution in [1.82, 2.24) is 15.2 Å². The molecule has 1 saturated carbocycles. The molecule has 0 radical (unpaired) electrons. The van der Waals surface area contributed by atoms with Crippen LogP contribution in [0.1, 0.15) is 33.6 Å². The van der Waals surface area contributed by atoms with Gasteiger partial charge < -0.3 is 24.6 Å². The number of methoxy groups -OCH3 is 1. The second-order valence-electron chi connectivity index (χ2n) is 11.7. The molecule has 3 aromatic rings. The van der Waals surface area contributed by atoms with Gasteiger partial charge in [0.25, 0.3) is 0 Å². The maximum atomic E-state index is 13.5. The zero-order valence-corrected chi connectivity index (χ0v) is 24.1. The molecule has 5 rings (SSSR count). The molecule has 1 unspecified atom stereocenters. The maximum Gasteiger partial charge on any atom is 0.411 e. The van der Waals surface area contributed by atoms with Crippen molar-refractivity contribution in [2.45, 2.75) is 56.9 Å². The van der Waals surface area contributed by atoms with Crippen molar-refractivity contribution in [3.05, 3.63) is 67.3 Å². The zero-order chi connectivity index (χ0) is 30.2. The summed E-state index contributed by atoms with van der Waals surface area (Å²) in [4.78, 5) is 44.9. The van der Waals surface area contributed by atoms with Crippen LogP contribution in [0.4, 0.5) is 4.79 Å². The number of rotatable bonds is 8. The highest BCUT2D eigenvalue weighted by atomic mass is 16.6. The average molecular weight is 574 g/mol. The van der Waals surface area contributed by atoms with Crippen LogP contribution in [0.3, 0.4) is 0 Å². The van der Waals surface area contributed by atoms with Crippen LogP contribution in [0.5, 0.6) is 11.5 Å². The van der Waals surface area contributed by atoms with Crippen LogP contribution in [0.25, 0.3) is 22.2 Å². The number of aliphatic carboxylic acids is 1. The Morgan fingerprint density at radius 3 is 2.50 bits per heavy atom. The Labute approximate surface area is 244 Å². The first-order valence-corrected chi connectivity index (χ1v) is 13.8. The number of likely N-dealkylation sites (tertiary alicyclic amines) is 1. The number of nitrogens with one attached hydrogen (secondary N) is 1. The van der Waals surface area contributed by atoms with Crippen LogP contribution in [0.15, 0.2) is 67.3 Å². The van der Waals surface area contributed by atoms with Crippen LogP contribution < -0.4 is 14.8 Å². The largest absolute Gasteiger partial charge is 0.497 e. The lowest BCUT2D eigenvalue weighted by molar-refractivity contribution is -0.144. The highest BCUT2D eigenvalue weighted by Crippen LogP contribution is 2.45. The summed E-state index contributed by atoms with van der Waals surface area (Å²) in [7, 11) is 1.59. The van der Waals surface area contributed by atoms with E-state index in [0.717, 1.165) is 10.9 Å². The molecule has 4 atom stereocenters. The number of carbonyl (C=O) groups excluding carboxylic acids is 2. The fourth-order valence-electron chi connectivity index (χ4n) is 5.31. The van der Waals surface area contributed by atoms with Crippen molar-refractivity contribution in [3.63, 3.8) is 0 Å². The van der Waals surface area contributed by atoms with Crippen molar-refractivity contribution in [1.29, 1.82) is 0 Å². The van der Waals surface area contributed by atoms with E-state index in [2.05, 4.69) is 11.9 Å². The molecule has 1 aliphatic heterocycles. The highest BCUT2D eigenvalue weighted by molar-refractivity contribution is 5.94. The fourth-order valence-corrected chi connectivity index (χ4v) is 5.31. The number of ether oxygens (including phenoxy) is 3. The molecule has 1 saturated heterocycles. The van der Waals surface area contributed by atoms with Gasteiger partial charge >= 0.3 is 12.1 Å². The van der Waals surface area contributed by atoms with E-state index < -0.39 is 41.3 Å². The Morgan fingerprint density at radius 1 is 1.14 bits per heavy atom. The zero-order valence-electron chi connectivity index (χ0n) is 24.1. The van der Waals surface area contributed by atoms with Crippen molar-refractivity contribution in [3.8, 4) is 22.8 Å². The van der Waals surface area contributed by atoms with Gasteiger partial charge in [0.1, 0.15) is 34.8 Å². The number of hydrogen-bond donors (Lipinski definition) is 2. The van der Waals surface area contributed by atoms with Crippen molar-refractivity contribution >= 4 is 28.9 Å². The summed E-state index contributed by atoms with van der Waals surface area (Å²) < 4.78 is 17.5. The average Bonchev–Trinajstić information content (AvgIpc) is 3.51. The quantitative estimate of drug-likeness (QED) is 0.368. The number of carboxylic acid groups (broad SMARTS) is 1. The predicted octanol–water partition coefficient (Wildman–Crippen LogP) is 4.81. The number of hydrogen-bond acceptors (Lipinski definition) is 7. The Kier molecular flexibility index (Phi) is 7.57. The number of carboxylic acids is 1. The lowest BCUT2D eigenvalue weighted by atomic mass is 10.1. The topological polar surface area (TPSA) is 127 Å². The summed E-state index contributed by atoms with van der Waals surface area (Å²) in [6, 6.07) is 16.0. The monoisotopic (exact) mass is 573 g/mol. The molecule has 1 aliphatic carbocycles. The minimum absolute atomic E-state index is 0.0681. The number of benzene rings is 2. The van der Waals surface area contributed by atoms with E-state index in [9.17, 15) is 19.5 Å². The van der Waals surface area contributed by atoms with E-state index in [1.165, 1.54) is 11.0 Å². The number of nitrogens with zero attached hydrogens (tertiary/aromatic N) is 2. The van der Waals surface area contributed by atoms with Crippen LogP contribution in [0, 0.1) is 5.92 Å². The van der Waals surface area contributed by atoms with Crippen LogP contribution >= 0.6 is 0 Å². The number of pyridine rings is 1. The first kappa shape index (κ1) is 28.9. The van der Waals surface area contributed by atoms with Crippen molar-refractivity contribution in [2.24, 2.45) is 5.92 Å². The van der Waals surface area contributed by atoms with Gasteiger partial charge in [-0.15, -0.1) is 6.58 Å². The third-order valence-electron chi connectivity index (χ3n) is 7.56. The molecule has 10 nitrogen and oxygen atoms in total. The van der Waals surface area contributed by atoms with Crippen LogP contribution in [-0.4, -0.2) is 69.9 Å². The number of fused-ring (bicyclic) bond motifs is 1. The van der Waals surface area contributed by atoms with E-state index in [0.29, 0.717) is 22.7 Å². The summed E-state index contributed by atoms with van der Waals surface area (Å²) in [5.74, 6) is -0.924. The van der Waals surface area contributed by atoms with Crippen molar-refractivity contribution in [2.75, 3.05) is 13.7 Å². The molecule has 220 valence electrons. The molecule has 2 amide bonds. The van der Waals surface area contributed by atoms with Gasteiger partial charge in [0, 0.05) is 35.4 Å². The van der Waals surface area contributed by atoms with Gasteiger partial charge in [-0.25, -0.2) is 14.6 Å². The second-order valence-corrected chi connectivity index (χ2v) is 11.7. The lowest BCUT2D eigenvalue weighted by Gasteiger charge is -2.28. The smallest absolute Gasteiger partial charge is 0.411 e. The molecule has 1 aromatic heterocycles. The number of aromatic nitrogens is 1. The van der Waals surface area contributed by atoms with Crippen LogP contribution in [0.2, 0.25) is 0 Å². The van der Waals surface area contributed by atoms with E-state index in [4.69, 9.17) is 19.2 Å². The fraction of sp³-hybridized carbons (Fsp3) is 0.375. The first-order chi connectivity index (χ1) is 19.9. The molecule has 0 bridgehead atoms. The van der Waals surface area contributed by atoms with E-state index in [1.54, 1.807) is 27.9 Å². The minimum Gasteiger partial charge on any atom is -0.497 e. The van der Waals surface area contributed by atoms with Gasteiger partial charge in [0.05, 0.1) is 24.9 Å². The maximum absolute atomic E-state index is 13.5. The van der Waals surface area contributed by atoms with E-state index >= 15 is 0 Å². The van der Waals surface area contributed by atoms with E-state index in [1.807, 2.05) is 54.6 Å². The third-order valence-corrected chi connectivity index (χ3v) is 7.56. The molecule has 2 aliphatic rings.